The molecule has 0 bridgehead atoms. The van der Waals surface area contributed by atoms with Crippen LogP contribution in [0.1, 0.15) is 37.4 Å². The van der Waals surface area contributed by atoms with E-state index in [0.717, 1.165) is 23.3 Å². The average Bonchev–Trinajstić information content (AvgIpc) is 2.85. The maximum atomic E-state index is 11.9. The zero-order chi connectivity index (χ0) is 15.4. The van der Waals surface area contributed by atoms with Crippen LogP contribution in [0.3, 0.4) is 0 Å². The Labute approximate surface area is 123 Å². The SMILES string of the molecule is CN1C(=O)CC(C(=O)O)C1c1cccc2c1OC(C)(C)C2. The van der Waals surface area contributed by atoms with E-state index in [2.05, 4.69) is 0 Å². The molecule has 1 aromatic carbocycles. The van der Waals surface area contributed by atoms with E-state index in [4.69, 9.17) is 4.74 Å². The number of ether oxygens (including phenoxy) is 1. The van der Waals surface area contributed by atoms with Crippen molar-refractivity contribution in [2.45, 2.75) is 38.3 Å². The fraction of sp³-hybridized carbons (Fsp3) is 0.500. The molecule has 2 unspecified atom stereocenters. The van der Waals surface area contributed by atoms with Crippen molar-refractivity contribution in [2.75, 3.05) is 7.05 Å². The second-order valence-electron chi connectivity index (χ2n) is 6.47. The van der Waals surface area contributed by atoms with Gasteiger partial charge in [0.15, 0.2) is 0 Å². The van der Waals surface area contributed by atoms with E-state index < -0.39 is 17.9 Å². The Morgan fingerprint density at radius 2 is 2.14 bits per heavy atom. The molecule has 3 rings (SSSR count). The molecule has 0 saturated carbocycles. The molecule has 0 radical (unpaired) electrons. The number of carbonyl (C=O) groups is 2. The molecule has 1 fully saturated rings. The van der Waals surface area contributed by atoms with Crippen molar-refractivity contribution in [3.05, 3.63) is 29.3 Å². The van der Waals surface area contributed by atoms with Gasteiger partial charge in [0.2, 0.25) is 5.91 Å². The summed E-state index contributed by atoms with van der Waals surface area (Å²) in [4.78, 5) is 24.9. The number of carbonyl (C=O) groups excluding carboxylic acids is 1. The highest BCUT2D eigenvalue weighted by atomic mass is 16.5. The first-order chi connectivity index (χ1) is 9.80. The molecular weight excluding hydrogens is 270 g/mol. The monoisotopic (exact) mass is 289 g/mol. The lowest BCUT2D eigenvalue weighted by Crippen LogP contribution is -2.28. The zero-order valence-corrected chi connectivity index (χ0v) is 12.4. The number of nitrogens with zero attached hydrogens (tertiary/aromatic N) is 1. The maximum absolute atomic E-state index is 11.9. The molecule has 112 valence electrons. The Bertz CT molecular complexity index is 623. The summed E-state index contributed by atoms with van der Waals surface area (Å²) >= 11 is 0. The van der Waals surface area contributed by atoms with Gasteiger partial charge in [0, 0.05) is 25.5 Å². The average molecular weight is 289 g/mol. The van der Waals surface area contributed by atoms with E-state index in [1.807, 2.05) is 32.0 Å². The second kappa shape index (κ2) is 4.48. The third-order valence-electron chi connectivity index (χ3n) is 4.34. The lowest BCUT2D eigenvalue weighted by atomic mass is 9.91. The van der Waals surface area contributed by atoms with Gasteiger partial charge in [-0.15, -0.1) is 0 Å². The van der Waals surface area contributed by atoms with Crippen LogP contribution >= 0.6 is 0 Å². The van der Waals surface area contributed by atoms with E-state index in [0.29, 0.717) is 0 Å². The summed E-state index contributed by atoms with van der Waals surface area (Å²) in [6.45, 7) is 4.02. The predicted octanol–water partition coefficient (Wildman–Crippen LogP) is 2.00. The molecule has 1 aromatic rings. The smallest absolute Gasteiger partial charge is 0.309 e. The molecule has 0 aliphatic carbocycles. The van der Waals surface area contributed by atoms with Crippen molar-refractivity contribution in [3.63, 3.8) is 0 Å². The van der Waals surface area contributed by atoms with E-state index in [1.54, 1.807) is 7.05 Å². The third-order valence-corrected chi connectivity index (χ3v) is 4.34. The fourth-order valence-electron chi connectivity index (χ4n) is 3.39. The minimum Gasteiger partial charge on any atom is -0.487 e. The van der Waals surface area contributed by atoms with Gasteiger partial charge < -0.3 is 14.7 Å². The van der Waals surface area contributed by atoms with E-state index in [9.17, 15) is 14.7 Å². The van der Waals surface area contributed by atoms with Gasteiger partial charge in [-0.25, -0.2) is 0 Å². The van der Waals surface area contributed by atoms with Gasteiger partial charge >= 0.3 is 5.97 Å². The number of aliphatic carboxylic acids is 1. The van der Waals surface area contributed by atoms with Crippen LogP contribution in [-0.2, 0) is 16.0 Å². The van der Waals surface area contributed by atoms with Crippen LogP contribution in [0.4, 0.5) is 0 Å². The summed E-state index contributed by atoms with van der Waals surface area (Å²) in [7, 11) is 1.66. The number of rotatable bonds is 2. The largest absolute Gasteiger partial charge is 0.487 e. The number of hydrogen-bond acceptors (Lipinski definition) is 3. The highest BCUT2D eigenvalue weighted by Crippen LogP contribution is 2.46. The molecular formula is C16H19NO4. The molecule has 2 aliphatic heterocycles. The van der Waals surface area contributed by atoms with Crippen molar-refractivity contribution >= 4 is 11.9 Å². The number of amides is 1. The highest BCUT2D eigenvalue weighted by Gasteiger charge is 2.45. The van der Waals surface area contributed by atoms with Gasteiger partial charge in [0.1, 0.15) is 11.4 Å². The van der Waals surface area contributed by atoms with Crippen LogP contribution < -0.4 is 4.74 Å². The molecule has 2 atom stereocenters. The quantitative estimate of drug-likeness (QED) is 0.904. The Morgan fingerprint density at radius 3 is 2.81 bits per heavy atom. The summed E-state index contributed by atoms with van der Waals surface area (Å²) in [5.41, 5.74) is 1.59. The second-order valence-corrected chi connectivity index (χ2v) is 6.47. The first-order valence-corrected chi connectivity index (χ1v) is 7.09. The first-order valence-electron chi connectivity index (χ1n) is 7.09. The van der Waals surface area contributed by atoms with Crippen LogP contribution in [0.5, 0.6) is 5.75 Å². The normalized spacial score (nSPS) is 26.6. The number of carboxylic acids is 1. The Balaban J connectivity index is 2.07. The van der Waals surface area contributed by atoms with E-state index in [1.165, 1.54) is 4.90 Å². The van der Waals surface area contributed by atoms with Gasteiger partial charge in [0.25, 0.3) is 0 Å². The molecule has 1 saturated heterocycles. The van der Waals surface area contributed by atoms with Gasteiger partial charge in [-0.1, -0.05) is 18.2 Å². The molecule has 2 aliphatic rings. The number of para-hydroxylation sites is 1. The van der Waals surface area contributed by atoms with Gasteiger partial charge in [-0.3, -0.25) is 9.59 Å². The lowest BCUT2D eigenvalue weighted by molar-refractivity contribution is -0.142. The van der Waals surface area contributed by atoms with Crippen LogP contribution in [0.2, 0.25) is 0 Å². The van der Waals surface area contributed by atoms with Crippen molar-refractivity contribution in [1.82, 2.24) is 4.90 Å². The van der Waals surface area contributed by atoms with Crippen LogP contribution in [0.25, 0.3) is 0 Å². The molecule has 1 N–H and O–H groups in total. The fourth-order valence-corrected chi connectivity index (χ4v) is 3.39. The molecule has 2 heterocycles. The number of benzene rings is 1. The molecule has 0 spiro atoms. The number of hydrogen-bond donors (Lipinski definition) is 1. The molecule has 5 heteroatoms. The van der Waals surface area contributed by atoms with Gasteiger partial charge in [0.05, 0.1) is 12.0 Å². The Kier molecular flexibility index (Phi) is 2.97. The molecule has 21 heavy (non-hydrogen) atoms. The standard InChI is InChI=1S/C16H19NO4/c1-16(2)8-9-5-4-6-10(14(9)21-16)13-11(15(19)20)7-12(18)17(13)3/h4-6,11,13H,7-8H2,1-3H3,(H,19,20). The zero-order valence-electron chi connectivity index (χ0n) is 12.4. The van der Waals surface area contributed by atoms with Crippen LogP contribution in [-0.4, -0.2) is 34.5 Å². The molecule has 5 nitrogen and oxygen atoms in total. The highest BCUT2D eigenvalue weighted by molar-refractivity contribution is 5.87. The molecule has 1 amide bonds. The Hall–Kier alpha value is -2.04. The van der Waals surface area contributed by atoms with E-state index in [-0.39, 0.29) is 17.9 Å². The number of fused-ring (bicyclic) bond motifs is 1. The summed E-state index contributed by atoms with van der Waals surface area (Å²) in [6, 6.07) is 5.32. The van der Waals surface area contributed by atoms with Crippen molar-refractivity contribution in [1.29, 1.82) is 0 Å². The third kappa shape index (κ3) is 2.17. The molecule has 0 aromatic heterocycles. The topological polar surface area (TPSA) is 66.8 Å². The minimum atomic E-state index is -0.937. The lowest BCUT2D eigenvalue weighted by Gasteiger charge is -2.26. The minimum absolute atomic E-state index is 0.0452. The summed E-state index contributed by atoms with van der Waals surface area (Å²) in [5, 5.41) is 9.41. The van der Waals surface area contributed by atoms with Crippen LogP contribution in [0.15, 0.2) is 18.2 Å². The maximum Gasteiger partial charge on any atom is 0.309 e. The number of likely N-dealkylation sites (tertiary alicyclic amines) is 1. The number of carboxylic acid groups (broad SMARTS) is 1. The first kappa shape index (κ1) is 13.9. The van der Waals surface area contributed by atoms with Crippen molar-refractivity contribution in [2.24, 2.45) is 5.92 Å². The van der Waals surface area contributed by atoms with Crippen molar-refractivity contribution in [3.8, 4) is 5.75 Å². The summed E-state index contributed by atoms with van der Waals surface area (Å²) < 4.78 is 6.02. The summed E-state index contributed by atoms with van der Waals surface area (Å²) in [5.74, 6) is -1.04. The van der Waals surface area contributed by atoms with Gasteiger partial charge in [-0.2, -0.15) is 0 Å². The van der Waals surface area contributed by atoms with Crippen molar-refractivity contribution < 1.29 is 19.4 Å². The van der Waals surface area contributed by atoms with Gasteiger partial charge in [-0.05, 0) is 19.4 Å². The predicted molar refractivity (Wildman–Crippen MR) is 76.1 cm³/mol. The van der Waals surface area contributed by atoms with E-state index >= 15 is 0 Å². The Morgan fingerprint density at radius 1 is 1.43 bits per heavy atom. The van der Waals surface area contributed by atoms with Crippen LogP contribution in [0, 0.1) is 5.92 Å². The summed E-state index contributed by atoms with van der Waals surface area (Å²) in [6.07, 6.45) is 0.835.